The Morgan fingerprint density at radius 3 is 2.70 bits per heavy atom. The van der Waals surface area contributed by atoms with Gasteiger partial charge in [0.1, 0.15) is 0 Å². The average Bonchev–Trinajstić information content (AvgIpc) is 2.13. The van der Waals surface area contributed by atoms with Crippen LogP contribution in [0.2, 0.25) is 0 Å². The molecular formula is C6H6BrFN2. The molecular weight excluding hydrogens is 199 g/mol. The molecule has 0 unspecified atom stereocenters. The Bertz CT molecular complexity index is 247. The van der Waals surface area contributed by atoms with E-state index in [1.165, 1.54) is 10.9 Å². The molecule has 0 aliphatic heterocycles. The van der Waals surface area contributed by atoms with Gasteiger partial charge in [-0.1, -0.05) is 6.58 Å². The zero-order valence-corrected chi connectivity index (χ0v) is 7.02. The third kappa shape index (κ3) is 1.26. The lowest BCUT2D eigenvalue weighted by Crippen LogP contribution is -1.92. The van der Waals surface area contributed by atoms with Gasteiger partial charge in [0.25, 0.3) is 0 Å². The average molecular weight is 205 g/mol. The van der Waals surface area contributed by atoms with E-state index in [0.717, 1.165) is 0 Å². The summed E-state index contributed by atoms with van der Waals surface area (Å²) in [7, 11) is 0. The van der Waals surface area contributed by atoms with E-state index in [2.05, 4.69) is 27.6 Å². The fourth-order valence-corrected chi connectivity index (χ4v) is 0.801. The van der Waals surface area contributed by atoms with Gasteiger partial charge in [0.05, 0.1) is 4.47 Å². The Morgan fingerprint density at radius 1 is 1.90 bits per heavy atom. The van der Waals surface area contributed by atoms with Crippen molar-refractivity contribution in [3.05, 3.63) is 23.2 Å². The number of nitrogens with zero attached hydrogens (tertiary/aromatic N) is 2. The van der Waals surface area contributed by atoms with E-state index in [1.807, 2.05) is 0 Å². The van der Waals surface area contributed by atoms with Crippen LogP contribution >= 0.6 is 15.9 Å². The van der Waals surface area contributed by atoms with Crippen LogP contribution in [0.5, 0.6) is 0 Å². The van der Waals surface area contributed by atoms with E-state index < -0.39 is 5.95 Å². The predicted molar refractivity (Wildman–Crippen MR) is 40.9 cm³/mol. The zero-order valence-electron chi connectivity index (χ0n) is 5.43. The van der Waals surface area contributed by atoms with Crippen LogP contribution in [0, 0.1) is 5.95 Å². The highest BCUT2D eigenvalue weighted by Gasteiger charge is 2.03. The molecule has 1 rings (SSSR count). The van der Waals surface area contributed by atoms with E-state index in [9.17, 15) is 4.39 Å². The zero-order chi connectivity index (χ0) is 7.72. The van der Waals surface area contributed by atoms with Gasteiger partial charge >= 0.3 is 0 Å². The van der Waals surface area contributed by atoms with Crippen molar-refractivity contribution in [1.82, 2.24) is 9.78 Å². The van der Waals surface area contributed by atoms with Gasteiger partial charge in [-0.25, -0.2) is 4.68 Å². The third-order valence-electron chi connectivity index (χ3n) is 1.02. The maximum atomic E-state index is 12.5. The molecule has 1 aromatic rings. The molecule has 0 saturated carbocycles. The van der Waals surface area contributed by atoms with Crippen LogP contribution in [-0.4, -0.2) is 9.78 Å². The molecule has 0 spiro atoms. The van der Waals surface area contributed by atoms with Gasteiger partial charge in [0.15, 0.2) is 0 Å². The van der Waals surface area contributed by atoms with Crippen LogP contribution in [0.4, 0.5) is 4.39 Å². The van der Waals surface area contributed by atoms with Crippen LogP contribution in [0.3, 0.4) is 0 Å². The quantitative estimate of drug-likeness (QED) is 0.687. The van der Waals surface area contributed by atoms with E-state index >= 15 is 0 Å². The Morgan fingerprint density at radius 2 is 2.50 bits per heavy atom. The van der Waals surface area contributed by atoms with Crippen molar-refractivity contribution in [3.8, 4) is 0 Å². The molecule has 0 aliphatic rings. The van der Waals surface area contributed by atoms with Crippen molar-refractivity contribution in [2.24, 2.45) is 0 Å². The van der Waals surface area contributed by atoms with Crippen molar-refractivity contribution < 1.29 is 4.39 Å². The minimum atomic E-state index is -0.511. The first-order valence-electron chi connectivity index (χ1n) is 2.68. The van der Waals surface area contributed by atoms with Gasteiger partial charge in [-0.15, -0.1) is 5.10 Å². The molecule has 0 radical (unpaired) electrons. The van der Waals surface area contributed by atoms with Crippen molar-refractivity contribution in [2.45, 2.75) is 6.92 Å². The number of halogens is 2. The second-order valence-corrected chi connectivity index (χ2v) is 2.80. The highest BCUT2D eigenvalue weighted by Crippen LogP contribution is 2.14. The van der Waals surface area contributed by atoms with E-state index in [4.69, 9.17) is 0 Å². The first-order chi connectivity index (χ1) is 4.61. The minimum Gasteiger partial charge on any atom is -0.242 e. The first-order valence-corrected chi connectivity index (χ1v) is 3.47. The minimum absolute atomic E-state index is 0.357. The fourth-order valence-electron chi connectivity index (χ4n) is 0.527. The van der Waals surface area contributed by atoms with Gasteiger partial charge < -0.3 is 0 Å². The summed E-state index contributed by atoms with van der Waals surface area (Å²) in [4.78, 5) is 0. The predicted octanol–water partition coefficient (Wildman–Crippen LogP) is 2.28. The Balaban J connectivity index is 3.10. The molecule has 0 bridgehead atoms. The van der Waals surface area contributed by atoms with Crippen molar-refractivity contribution in [3.63, 3.8) is 0 Å². The Kier molecular flexibility index (Phi) is 1.89. The number of hydrogen-bond acceptors (Lipinski definition) is 1. The number of allylic oxidation sites excluding steroid dienone is 1. The maximum absolute atomic E-state index is 12.5. The summed E-state index contributed by atoms with van der Waals surface area (Å²) in [6.07, 6.45) is 1.53. The number of hydrogen-bond donors (Lipinski definition) is 0. The number of aromatic nitrogens is 2. The van der Waals surface area contributed by atoms with Crippen LogP contribution in [-0.2, 0) is 0 Å². The van der Waals surface area contributed by atoms with Crippen molar-refractivity contribution >= 4 is 21.6 Å². The van der Waals surface area contributed by atoms with Crippen LogP contribution < -0.4 is 0 Å². The SMILES string of the molecule is C=C(C)n1cc(Br)c(F)n1. The van der Waals surface area contributed by atoms with E-state index in [0.29, 0.717) is 10.2 Å². The van der Waals surface area contributed by atoms with E-state index in [-0.39, 0.29) is 0 Å². The highest BCUT2D eigenvalue weighted by atomic mass is 79.9. The molecule has 0 aliphatic carbocycles. The fraction of sp³-hybridized carbons (Fsp3) is 0.167. The summed E-state index contributed by atoms with van der Waals surface area (Å²) < 4.78 is 14.2. The third-order valence-corrected chi connectivity index (χ3v) is 1.55. The normalized spacial score (nSPS) is 9.90. The second kappa shape index (κ2) is 2.54. The molecule has 1 aromatic heterocycles. The summed E-state index contributed by atoms with van der Waals surface area (Å²) in [5.74, 6) is -0.511. The Labute approximate surface area is 66.5 Å². The molecule has 0 fully saturated rings. The lowest BCUT2D eigenvalue weighted by atomic mass is 10.6. The summed E-state index contributed by atoms with van der Waals surface area (Å²) >= 11 is 2.98. The molecule has 2 nitrogen and oxygen atoms in total. The van der Waals surface area contributed by atoms with Gasteiger partial charge in [0.2, 0.25) is 5.95 Å². The molecule has 0 amide bonds. The molecule has 54 valence electrons. The van der Waals surface area contributed by atoms with Crippen LogP contribution in [0.15, 0.2) is 17.2 Å². The van der Waals surface area contributed by atoms with Crippen molar-refractivity contribution in [1.29, 1.82) is 0 Å². The largest absolute Gasteiger partial charge is 0.247 e. The van der Waals surface area contributed by atoms with E-state index in [1.54, 1.807) is 6.92 Å². The lowest BCUT2D eigenvalue weighted by molar-refractivity contribution is 0.563. The summed E-state index contributed by atoms with van der Waals surface area (Å²) in [6, 6.07) is 0. The molecule has 10 heavy (non-hydrogen) atoms. The number of rotatable bonds is 1. The monoisotopic (exact) mass is 204 g/mol. The topological polar surface area (TPSA) is 17.8 Å². The van der Waals surface area contributed by atoms with Crippen LogP contribution in [0.1, 0.15) is 6.92 Å². The summed E-state index contributed by atoms with van der Waals surface area (Å²) in [5.41, 5.74) is 0.685. The van der Waals surface area contributed by atoms with Gasteiger partial charge in [-0.05, 0) is 22.9 Å². The highest BCUT2D eigenvalue weighted by molar-refractivity contribution is 9.10. The van der Waals surface area contributed by atoms with Gasteiger partial charge in [0, 0.05) is 11.9 Å². The molecule has 4 heteroatoms. The van der Waals surface area contributed by atoms with Crippen molar-refractivity contribution in [2.75, 3.05) is 0 Å². The molecule has 1 heterocycles. The Hall–Kier alpha value is -0.640. The second-order valence-electron chi connectivity index (χ2n) is 1.95. The maximum Gasteiger partial charge on any atom is 0.247 e. The molecule has 0 aromatic carbocycles. The molecule has 0 N–H and O–H groups in total. The molecule has 0 saturated heterocycles. The van der Waals surface area contributed by atoms with Crippen LogP contribution in [0.25, 0.3) is 5.70 Å². The smallest absolute Gasteiger partial charge is 0.242 e. The standard InChI is InChI=1S/C6H6BrFN2/c1-4(2)10-3-5(7)6(8)9-10/h3H,1H2,2H3. The lowest BCUT2D eigenvalue weighted by Gasteiger charge is -1.93. The first kappa shape index (κ1) is 7.47. The van der Waals surface area contributed by atoms with Gasteiger partial charge in [-0.3, -0.25) is 0 Å². The summed E-state index contributed by atoms with van der Waals surface area (Å²) in [6.45, 7) is 5.34. The molecule has 0 atom stereocenters. The van der Waals surface area contributed by atoms with Gasteiger partial charge in [-0.2, -0.15) is 4.39 Å². The summed E-state index contributed by atoms with van der Waals surface area (Å²) in [5, 5.41) is 3.51.